The maximum atomic E-state index is 12.6. The fourth-order valence-corrected chi connectivity index (χ4v) is 22.4. The molecule has 9 aliphatic rings. The third-order valence-electron chi connectivity index (χ3n) is 27.6. The number of primary amides is 1. The zero-order chi connectivity index (χ0) is 85.5. The number of nitrogens with two attached hydrogens (primary N) is 1. The summed E-state index contributed by atoms with van der Waals surface area (Å²) < 4.78 is 67.1. The third-order valence-corrected chi connectivity index (χ3v) is 30.0. The van der Waals surface area contributed by atoms with Crippen molar-refractivity contribution in [2.45, 2.75) is 224 Å². The predicted molar refractivity (Wildman–Crippen MR) is 527 cm³/mol. The Hall–Kier alpha value is -7.62. The van der Waals surface area contributed by atoms with E-state index in [-0.39, 0.29) is 72.6 Å². The predicted octanol–water partition coefficient (Wildman–Crippen LogP) is 25.2. The van der Waals surface area contributed by atoms with Gasteiger partial charge in [0.05, 0.1) is 55.6 Å². The van der Waals surface area contributed by atoms with E-state index in [2.05, 4.69) is 112 Å². The van der Waals surface area contributed by atoms with Crippen LogP contribution in [-0.4, -0.2) is 101 Å². The van der Waals surface area contributed by atoms with Crippen LogP contribution in [0, 0.1) is 24.2 Å². The highest BCUT2D eigenvalue weighted by Crippen LogP contribution is 2.61. The first-order chi connectivity index (χ1) is 59.1. The summed E-state index contributed by atoms with van der Waals surface area (Å²) in [5.41, 5.74) is 26.7. The molecule has 8 aromatic carbocycles. The van der Waals surface area contributed by atoms with Gasteiger partial charge in [-0.1, -0.05) is 173 Å². The summed E-state index contributed by atoms with van der Waals surface area (Å²) in [6, 6.07) is 55.2. The lowest BCUT2D eigenvalue weighted by molar-refractivity contribution is -0.137. The maximum Gasteiger partial charge on any atom is 0.416 e. The number of carbonyl (C=O) groups is 2. The molecule has 126 heavy (non-hydrogen) atoms. The van der Waals surface area contributed by atoms with E-state index in [1.165, 1.54) is 154 Å². The number of halogens is 9. The fraction of sp³-hybridized carbons (Fsp3) is 0.471. The molecule has 6 N–H and O–H groups in total. The van der Waals surface area contributed by atoms with Crippen molar-refractivity contribution in [2.75, 3.05) is 86.1 Å². The number of piperazine rings is 1. The molecule has 6 heterocycles. The quantitative estimate of drug-likeness (QED) is 0.0465. The summed E-state index contributed by atoms with van der Waals surface area (Å²) in [6.45, 7) is 21.8. The van der Waals surface area contributed by atoms with Crippen molar-refractivity contribution < 1.29 is 36.4 Å². The molecule has 14 nitrogen and oxygen atoms in total. The number of benzene rings is 8. The van der Waals surface area contributed by atoms with Crippen LogP contribution in [0.2, 0.25) is 10.0 Å². The molecular formula is C102H130Cl6F3N9O5S. The fourth-order valence-electron chi connectivity index (χ4n) is 20.6. The van der Waals surface area contributed by atoms with E-state index < -0.39 is 28.4 Å². The van der Waals surface area contributed by atoms with Crippen LogP contribution < -0.4 is 41.4 Å². The van der Waals surface area contributed by atoms with Crippen LogP contribution in [0.1, 0.15) is 222 Å². The van der Waals surface area contributed by atoms with Gasteiger partial charge in [0.15, 0.2) is 0 Å². The Morgan fingerprint density at radius 1 is 0.611 bits per heavy atom. The van der Waals surface area contributed by atoms with Crippen LogP contribution >= 0.6 is 72.8 Å². The van der Waals surface area contributed by atoms with Crippen molar-refractivity contribution in [3.63, 3.8) is 0 Å². The Balaban J connectivity index is 0.000000159. The molecule has 5 atom stereocenters. The highest BCUT2D eigenvalue weighted by molar-refractivity contribution is 7.86. The first-order valence-electron chi connectivity index (χ1n) is 45.2. The number of fused-ring (bicyclic) bond motifs is 9. The summed E-state index contributed by atoms with van der Waals surface area (Å²) in [5.74, 6) is 3.39. The molecule has 1 saturated heterocycles. The van der Waals surface area contributed by atoms with E-state index in [0.29, 0.717) is 39.8 Å². The number of nitrogens with zero attached hydrogens (tertiary/aromatic N) is 4. The summed E-state index contributed by atoms with van der Waals surface area (Å²) in [7, 11) is 0.763. The van der Waals surface area contributed by atoms with E-state index >= 15 is 0 Å². The van der Waals surface area contributed by atoms with Gasteiger partial charge in [0.25, 0.3) is 0 Å². The lowest BCUT2D eigenvalue weighted by Crippen LogP contribution is -2.55. The Morgan fingerprint density at radius 3 is 1.75 bits per heavy atom. The molecule has 2 bridgehead atoms. The van der Waals surface area contributed by atoms with Crippen molar-refractivity contribution in [2.24, 2.45) is 23.0 Å². The van der Waals surface area contributed by atoms with Crippen molar-refractivity contribution in [3.05, 3.63) is 247 Å². The van der Waals surface area contributed by atoms with Gasteiger partial charge in [-0.15, -0.1) is 49.6 Å². The normalized spacial score (nSPS) is 19.1. The number of nitrogens with one attached hydrogen (secondary N) is 4. The Labute approximate surface area is 782 Å². The SMILES string of the molecule is CCCCC(Oc1ccc(C(F)(F)F)cc1)c1ccccc1.CNC1(C)C2CCC(C2)C1(C)C.Cc1cc2c3c(c1)c1c(n3CCN2)CCCC1.Cl.Cl.Cl.Cl.NC(=O)CS(=O)C(c1ccccc1)c1ccccc1.O=C1CCc2ccc(OCCCCN3CCN(c4cccc(Cl)c4Cl)CC3)cc2N1.c1c(C2CCCCC2)cc2c3c(n4c2c1NCC4)CCCC3. The molecule has 24 heteroatoms. The number of unbranched alkanes of at least 4 members (excludes halogenated alkanes) is 2. The highest BCUT2D eigenvalue weighted by Gasteiger charge is 2.59. The lowest BCUT2D eigenvalue weighted by Gasteiger charge is -2.47. The number of aryl methyl sites for hydroxylation is 4. The molecule has 10 aromatic rings. The smallest absolute Gasteiger partial charge is 0.416 e. The minimum absolute atomic E-state index is 0. The molecule has 5 unspecified atom stereocenters. The van der Waals surface area contributed by atoms with E-state index in [9.17, 15) is 27.0 Å². The van der Waals surface area contributed by atoms with Gasteiger partial charge in [0.1, 0.15) is 23.4 Å². The minimum atomic E-state index is -4.32. The average molecular weight is 1860 g/mol. The number of rotatable bonds is 20. The van der Waals surface area contributed by atoms with Crippen molar-refractivity contribution in [1.82, 2.24) is 19.4 Å². The van der Waals surface area contributed by atoms with Crippen LogP contribution in [-0.2, 0) is 71.8 Å². The highest BCUT2D eigenvalue weighted by atomic mass is 35.5. The Kier molecular flexibility index (Phi) is 37.3. The van der Waals surface area contributed by atoms with Crippen LogP contribution in [0.5, 0.6) is 11.5 Å². The van der Waals surface area contributed by atoms with Gasteiger partial charge in [-0.05, 0) is 277 Å². The van der Waals surface area contributed by atoms with E-state index in [4.69, 9.17) is 38.4 Å². The molecule has 0 radical (unpaired) electrons. The van der Waals surface area contributed by atoms with E-state index in [0.717, 1.165) is 161 Å². The third kappa shape index (κ3) is 24.1. The van der Waals surface area contributed by atoms with Crippen LogP contribution in [0.4, 0.5) is 35.9 Å². The van der Waals surface area contributed by atoms with Gasteiger partial charge < -0.3 is 50.5 Å². The number of hydrogen-bond donors (Lipinski definition) is 5. The maximum absolute atomic E-state index is 12.6. The molecule has 5 aliphatic carbocycles. The van der Waals surface area contributed by atoms with Crippen molar-refractivity contribution >= 4 is 140 Å². The van der Waals surface area contributed by atoms with Crippen LogP contribution in [0.3, 0.4) is 0 Å². The number of amides is 2. The van der Waals surface area contributed by atoms with Gasteiger partial charge in [-0.25, -0.2) is 0 Å². The van der Waals surface area contributed by atoms with Crippen LogP contribution in [0.25, 0.3) is 21.8 Å². The zero-order valence-corrected chi connectivity index (χ0v) is 79.6. The minimum Gasteiger partial charge on any atom is -0.494 e. The van der Waals surface area contributed by atoms with Gasteiger partial charge in [-0.3, -0.25) is 18.7 Å². The monoisotopic (exact) mass is 1860 g/mol. The summed E-state index contributed by atoms with van der Waals surface area (Å²) in [4.78, 5) is 27.4. The number of ether oxygens (including phenoxy) is 2. The van der Waals surface area contributed by atoms with Crippen molar-refractivity contribution in [3.8, 4) is 11.5 Å². The van der Waals surface area contributed by atoms with Gasteiger partial charge in [0, 0.05) is 109 Å². The largest absolute Gasteiger partial charge is 0.494 e. The number of carbonyl (C=O) groups excluding carboxylic acids is 2. The molecule has 682 valence electrons. The lowest BCUT2D eigenvalue weighted by atomic mass is 9.64. The number of aromatic nitrogens is 2. The molecule has 3 saturated carbocycles. The molecule has 2 aromatic heterocycles. The Bertz CT molecular complexity index is 5160. The summed E-state index contributed by atoms with van der Waals surface area (Å²) >= 11 is 12.5. The second-order valence-corrected chi connectivity index (χ2v) is 37.8. The first-order valence-corrected chi connectivity index (χ1v) is 47.3. The number of anilines is 4. The van der Waals surface area contributed by atoms with E-state index in [1.807, 2.05) is 121 Å². The molecular weight excluding hydrogens is 1730 g/mol. The first kappa shape index (κ1) is 101. The van der Waals surface area contributed by atoms with Gasteiger partial charge in [-0.2, -0.15) is 13.2 Å². The summed E-state index contributed by atoms with van der Waals surface area (Å²) in [6.07, 6.45) is 24.0. The van der Waals surface area contributed by atoms with E-state index in [1.54, 1.807) is 33.5 Å². The van der Waals surface area contributed by atoms with Crippen LogP contribution in [0.15, 0.2) is 176 Å². The molecule has 4 aliphatic heterocycles. The second-order valence-electron chi connectivity index (χ2n) is 35.5. The average Bonchev–Trinajstić information content (AvgIpc) is 1.58. The summed E-state index contributed by atoms with van der Waals surface area (Å²) in [5, 5.41) is 17.8. The standard InChI is InChI=1S/C23H27Cl2N3O2.C20H26N2.C18H19F3O.C15H18N2.C15H15NO2S.C11H21N.4ClH/c24-19-4-3-5-21(23(19)25)28-13-11-27(12-14-28)10-1-2-15-30-18-8-6-17-7-9-22(29)26-20(17)16-18;1-2-6-14(7-3-1)15-12-17-16-8-4-5-9-19(16)22-11-10-21-18(13-15)20(17)22;1-2-3-9-17(14-7-5-4-6-8-14)22-16-12-10-15(11-13-16)18(19,20)21;1-10-8-12-11-4-2-3-5-14(11)17-7-6-16-13(9-10)15(12)17;16-14(17)11-19(18)15(12-7-3-1-4-8-12)13-9-5-2-6-10-13;1-10(2)8-5-6-9(7-8)11(10,3)12-4;;;;/h3-6,8,16H,1-2,7,9-15H2,(H,26,29);12-14,21H,1-11H2;4-8,10-13,17H,2-3,9H2,1H3;8-9,16H,2-7H2,1H3;1-10,15H,11H2,(H2,16,17);8-9,12H,5-7H2,1-4H3;4*1H. The molecule has 19 rings (SSSR count). The zero-order valence-electron chi connectivity index (χ0n) is 74.0. The number of alkyl halides is 3. The second kappa shape index (κ2) is 46.8. The van der Waals surface area contributed by atoms with Gasteiger partial charge >= 0.3 is 6.18 Å². The molecule has 0 spiro atoms. The molecule has 2 amide bonds. The van der Waals surface area contributed by atoms with Gasteiger partial charge in [0.2, 0.25) is 11.8 Å². The molecule has 4 fully saturated rings. The van der Waals surface area contributed by atoms with Crippen molar-refractivity contribution in [1.29, 1.82) is 0 Å². The number of hydrogen-bond acceptors (Lipinski definition) is 10. The topological polar surface area (TPSA) is 160 Å². The Morgan fingerprint density at radius 2 is 1.18 bits per heavy atom.